The highest BCUT2D eigenvalue weighted by Crippen LogP contribution is 2.32. The maximum absolute atomic E-state index is 14.1. The summed E-state index contributed by atoms with van der Waals surface area (Å²) in [6.07, 6.45) is 1.64. The van der Waals surface area contributed by atoms with E-state index < -0.39 is 28.5 Å². The molecule has 2 unspecified atom stereocenters. The first-order valence-corrected chi connectivity index (χ1v) is 15.0. The van der Waals surface area contributed by atoms with E-state index in [1.807, 2.05) is 51.1 Å². The lowest BCUT2D eigenvalue weighted by atomic mass is 10.1. The number of rotatable bonds is 14. The zero-order valence-electron chi connectivity index (χ0n) is 23.6. The van der Waals surface area contributed by atoms with Crippen molar-refractivity contribution in [3.63, 3.8) is 0 Å². The van der Waals surface area contributed by atoms with Gasteiger partial charge in [0.1, 0.15) is 18.3 Å². The third-order valence-electron chi connectivity index (χ3n) is 6.84. The van der Waals surface area contributed by atoms with Crippen LogP contribution >= 0.6 is 0 Å². The maximum atomic E-state index is 14.1. The predicted molar refractivity (Wildman–Crippen MR) is 158 cm³/mol. The fourth-order valence-corrected chi connectivity index (χ4v) is 5.85. The molecule has 214 valence electrons. The molecule has 0 radical (unpaired) electrons. The zero-order valence-corrected chi connectivity index (χ0v) is 24.4. The molecule has 3 rings (SSSR count). The Morgan fingerprint density at radius 1 is 0.875 bits per heavy atom. The predicted octanol–water partition coefficient (Wildman–Crippen LogP) is 4.66. The van der Waals surface area contributed by atoms with E-state index in [-0.39, 0.29) is 29.1 Å². The molecule has 0 bridgehead atoms. The van der Waals surface area contributed by atoms with Crippen LogP contribution < -0.4 is 14.4 Å². The molecular formula is C31H39N3O5S. The molecule has 0 saturated carbocycles. The van der Waals surface area contributed by atoms with Gasteiger partial charge in [0.25, 0.3) is 10.0 Å². The second-order valence-corrected chi connectivity index (χ2v) is 11.4. The fraction of sp³-hybridized carbons (Fsp3) is 0.355. The average Bonchev–Trinajstić information content (AvgIpc) is 2.98. The van der Waals surface area contributed by atoms with Crippen LogP contribution in [0.15, 0.2) is 89.8 Å². The highest BCUT2D eigenvalue weighted by Gasteiger charge is 2.34. The van der Waals surface area contributed by atoms with Crippen molar-refractivity contribution in [3.05, 3.63) is 90.5 Å². The molecule has 2 atom stereocenters. The van der Waals surface area contributed by atoms with Gasteiger partial charge in [0.05, 0.1) is 17.7 Å². The lowest BCUT2D eigenvalue weighted by molar-refractivity contribution is -0.139. The quantitative estimate of drug-likeness (QED) is 0.307. The van der Waals surface area contributed by atoms with Gasteiger partial charge in [-0.25, -0.2) is 8.42 Å². The number of hydrogen-bond donors (Lipinski definition) is 1. The highest BCUT2D eigenvalue weighted by molar-refractivity contribution is 7.92. The van der Waals surface area contributed by atoms with Crippen molar-refractivity contribution in [2.45, 2.75) is 57.0 Å². The topological polar surface area (TPSA) is 96.0 Å². The van der Waals surface area contributed by atoms with Gasteiger partial charge < -0.3 is 15.0 Å². The van der Waals surface area contributed by atoms with Crippen LogP contribution in [0.1, 0.15) is 39.2 Å². The van der Waals surface area contributed by atoms with E-state index >= 15 is 0 Å². The minimum absolute atomic E-state index is 0.0473. The van der Waals surface area contributed by atoms with Crippen molar-refractivity contribution >= 4 is 27.5 Å². The number of anilines is 1. The minimum atomic E-state index is -4.15. The average molecular weight is 566 g/mol. The Hall–Kier alpha value is -3.85. The summed E-state index contributed by atoms with van der Waals surface area (Å²) in [5, 5.41) is 2.99. The second kappa shape index (κ2) is 14.5. The van der Waals surface area contributed by atoms with Crippen LogP contribution in [0.5, 0.6) is 5.75 Å². The Balaban J connectivity index is 2.03. The standard InChI is InChI=1S/C31H39N3O5S/c1-5-24(3)32-31(36)27(6-2)33(22-21-25-15-9-7-10-16-25)30(35)23-34(28-19-13-14-20-29(28)39-4)40(37,38)26-17-11-8-12-18-26/h7-20,24,27H,5-6,21-23H2,1-4H3,(H,32,36). The number of nitrogens with one attached hydrogen (secondary N) is 1. The monoisotopic (exact) mass is 565 g/mol. The number of nitrogens with zero attached hydrogens (tertiary/aromatic N) is 2. The molecule has 0 fully saturated rings. The van der Waals surface area contributed by atoms with Crippen molar-refractivity contribution in [1.82, 2.24) is 10.2 Å². The number of carbonyl (C=O) groups is 2. The zero-order chi connectivity index (χ0) is 29.1. The molecule has 3 aromatic carbocycles. The largest absolute Gasteiger partial charge is 0.495 e. The molecule has 40 heavy (non-hydrogen) atoms. The molecule has 1 N–H and O–H groups in total. The summed E-state index contributed by atoms with van der Waals surface area (Å²) in [4.78, 5) is 29.0. The maximum Gasteiger partial charge on any atom is 0.264 e. The first kappa shape index (κ1) is 30.7. The molecule has 3 aromatic rings. The number of para-hydroxylation sites is 2. The Morgan fingerprint density at radius 3 is 2.08 bits per heavy atom. The van der Waals surface area contributed by atoms with Crippen molar-refractivity contribution < 1.29 is 22.7 Å². The Labute approximate surface area is 238 Å². The summed E-state index contributed by atoms with van der Waals surface area (Å²) >= 11 is 0. The van der Waals surface area contributed by atoms with Crippen LogP contribution in [0.4, 0.5) is 5.69 Å². The fourth-order valence-electron chi connectivity index (χ4n) is 4.41. The summed E-state index contributed by atoms with van der Waals surface area (Å²) in [6, 6.07) is 23.5. The van der Waals surface area contributed by atoms with Crippen LogP contribution in [-0.4, -0.2) is 57.4 Å². The van der Waals surface area contributed by atoms with Crippen molar-refractivity contribution in [1.29, 1.82) is 0 Å². The Kier molecular flexibility index (Phi) is 11.1. The van der Waals surface area contributed by atoms with Crippen molar-refractivity contribution in [2.75, 3.05) is 24.5 Å². The minimum Gasteiger partial charge on any atom is -0.495 e. The van der Waals surface area contributed by atoms with E-state index in [4.69, 9.17) is 4.74 Å². The molecule has 0 aromatic heterocycles. The van der Waals surface area contributed by atoms with Crippen molar-refractivity contribution in [2.24, 2.45) is 0 Å². The van der Waals surface area contributed by atoms with Gasteiger partial charge in [-0.05, 0) is 56.0 Å². The smallest absolute Gasteiger partial charge is 0.264 e. The molecule has 0 heterocycles. The number of methoxy groups -OCH3 is 1. The van der Waals surface area contributed by atoms with Crippen LogP contribution in [0.25, 0.3) is 0 Å². The van der Waals surface area contributed by atoms with Gasteiger partial charge in [-0.1, -0.05) is 74.5 Å². The van der Waals surface area contributed by atoms with Gasteiger partial charge >= 0.3 is 0 Å². The first-order valence-electron chi connectivity index (χ1n) is 13.6. The molecule has 8 nitrogen and oxygen atoms in total. The van der Waals surface area contributed by atoms with Crippen molar-refractivity contribution in [3.8, 4) is 5.75 Å². The molecule has 2 amide bonds. The van der Waals surface area contributed by atoms with E-state index in [0.29, 0.717) is 18.6 Å². The lowest BCUT2D eigenvalue weighted by Gasteiger charge is -2.34. The number of sulfonamides is 1. The number of ether oxygens (including phenoxy) is 1. The lowest BCUT2D eigenvalue weighted by Crippen LogP contribution is -2.54. The summed E-state index contributed by atoms with van der Waals surface area (Å²) in [5.74, 6) is -0.423. The molecule has 0 aliphatic carbocycles. The SMILES string of the molecule is CCC(C)NC(=O)C(CC)N(CCc1ccccc1)C(=O)CN(c1ccccc1OC)S(=O)(=O)c1ccccc1. The van der Waals surface area contributed by atoms with Crippen LogP contribution in [0.2, 0.25) is 0 Å². The normalized spacial score (nSPS) is 12.7. The molecular weight excluding hydrogens is 526 g/mol. The van der Waals surface area contributed by atoms with E-state index in [2.05, 4.69) is 5.32 Å². The van der Waals surface area contributed by atoms with Crippen LogP contribution in [0, 0.1) is 0 Å². The highest BCUT2D eigenvalue weighted by atomic mass is 32.2. The Morgan fingerprint density at radius 2 is 1.48 bits per heavy atom. The summed E-state index contributed by atoms with van der Waals surface area (Å²) < 4.78 is 34.4. The van der Waals surface area contributed by atoms with Gasteiger partial charge in [0, 0.05) is 12.6 Å². The Bertz CT molecular complexity index is 1350. The van der Waals surface area contributed by atoms with Gasteiger partial charge in [0.2, 0.25) is 11.8 Å². The van der Waals surface area contributed by atoms with Gasteiger partial charge in [-0.2, -0.15) is 0 Å². The number of carbonyl (C=O) groups excluding carboxylic acids is 2. The van der Waals surface area contributed by atoms with E-state index in [0.717, 1.165) is 16.3 Å². The summed E-state index contributed by atoms with van der Waals surface area (Å²) in [5.41, 5.74) is 1.25. The summed E-state index contributed by atoms with van der Waals surface area (Å²) in [6.45, 7) is 5.49. The van der Waals surface area contributed by atoms with Crippen LogP contribution in [0.3, 0.4) is 0 Å². The number of amides is 2. The third-order valence-corrected chi connectivity index (χ3v) is 8.61. The van der Waals surface area contributed by atoms with Gasteiger partial charge in [0.15, 0.2) is 0 Å². The molecule has 0 spiro atoms. The molecule has 0 saturated heterocycles. The molecule has 0 aliphatic rings. The van der Waals surface area contributed by atoms with E-state index in [9.17, 15) is 18.0 Å². The second-order valence-electron chi connectivity index (χ2n) is 9.56. The summed E-state index contributed by atoms with van der Waals surface area (Å²) in [7, 11) is -2.70. The molecule has 0 aliphatic heterocycles. The first-order chi connectivity index (χ1) is 19.2. The van der Waals surface area contributed by atoms with Crippen LogP contribution in [-0.2, 0) is 26.0 Å². The van der Waals surface area contributed by atoms with E-state index in [1.54, 1.807) is 42.5 Å². The van der Waals surface area contributed by atoms with Gasteiger partial charge in [-0.3, -0.25) is 13.9 Å². The number of benzene rings is 3. The third kappa shape index (κ3) is 7.63. The van der Waals surface area contributed by atoms with Gasteiger partial charge in [-0.15, -0.1) is 0 Å². The van der Waals surface area contributed by atoms with E-state index in [1.165, 1.54) is 24.1 Å². The molecule has 9 heteroatoms. The number of hydrogen-bond acceptors (Lipinski definition) is 5.